The number of nitrogens with one attached hydrogen (secondary N) is 1. The van der Waals surface area contributed by atoms with E-state index in [1.54, 1.807) is 18.3 Å². The number of aromatic nitrogens is 1. The predicted octanol–water partition coefficient (Wildman–Crippen LogP) is 3.40. The Bertz CT molecular complexity index is 706. The average Bonchev–Trinajstić information content (AvgIpc) is 3.11. The molecule has 1 aromatic heterocycles. The molecule has 1 fully saturated rings. The Labute approximate surface area is 153 Å². The van der Waals surface area contributed by atoms with E-state index in [0.29, 0.717) is 24.5 Å². The van der Waals surface area contributed by atoms with Crippen LogP contribution in [0, 0.1) is 5.82 Å². The third-order valence-corrected chi connectivity index (χ3v) is 4.74. The van der Waals surface area contributed by atoms with Crippen LogP contribution in [-0.2, 0) is 11.2 Å². The molecule has 2 heterocycles. The SMILES string of the molecule is CCCN1CCC(NC(=O)CCc2ncc(-c3ccc(F)cc3)o2)CC1. The van der Waals surface area contributed by atoms with E-state index < -0.39 is 0 Å². The molecule has 1 aromatic carbocycles. The molecule has 1 N–H and O–H groups in total. The second-order valence-corrected chi connectivity index (χ2v) is 6.81. The number of piperidine rings is 1. The Kier molecular flexibility index (Phi) is 6.39. The second kappa shape index (κ2) is 8.94. The van der Waals surface area contributed by atoms with Crippen molar-refractivity contribution in [1.29, 1.82) is 0 Å². The lowest BCUT2D eigenvalue weighted by atomic mass is 10.0. The largest absolute Gasteiger partial charge is 0.441 e. The van der Waals surface area contributed by atoms with Crippen molar-refractivity contribution in [1.82, 2.24) is 15.2 Å². The maximum Gasteiger partial charge on any atom is 0.220 e. The van der Waals surface area contributed by atoms with Gasteiger partial charge in [-0.1, -0.05) is 6.92 Å². The van der Waals surface area contributed by atoms with Gasteiger partial charge in [0.2, 0.25) is 5.91 Å². The van der Waals surface area contributed by atoms with Gasteiger partial charge in [-0.15, -0.1) is 0 Å². The number of hydrogen-bond donors (Lipinski definition) is 1. The zero-order chi connectivity index (χ0) is 18.4. The summed E-state index contributed by atoms with van der Waals surface area (Å²) in [6.07, 6.45) is 5.64. The van der Waals surface area contributed by atoms with Crippen LogP contribution in [0.2, 0.25) is 0 Å². The van der Waals surface area contributed by atoms with E-state index in [1.165, 1.54) is 18.6 Å². The number of halogens is 1. The molecule has 5 nitrogen and oxygen atoms in total. The molecule has 1 aliphatic heterocycles. The summed E-state index contributed by atoms with van der Waals surface area (Å²) in [5.41, 5.74) is 0.772. The molecule has 1 saturated heterocycles. The van der Waals surface area contributed by atoms with Crippen molar-refractivity contribution in [3.63, 3.8) is 0 Å². The monoisotopic (exact) mass is 359 g/mol. The van der Waals surface area contributed by atoms with E-state index in [-0.39, 0.29) is 17.8 Å². The van der Waals surface area contributed by atoms with Gasteiger partial charge in [0.1, 0.15) is 5.82 Å². The van der Waals surface area contributed by atoms with Gasteiger partial charge in [-0.05, 0) is 50.1 Å². The predicted molar refractivity (Wildman–Crippen MR) is 98.1 cm³/mol. The van der Waals surface area contributed by atoms with Crippen LogP contribution in [0.4, 0.5) is 4.39 Å². The highest BCUT2D eigenvalue weighted by Gasteiger charge is 2.20. The number of nitrogens with zero attached hydrogens (tertiary/aromatic N) is 2. The zero-order valence-electron chi connectivity index (χ0n) is 15.2. The Morgan fingerprint density at radius 1 is 1.31 bits per heavy atom. The molecular formula is C20H26FN3O2. The first-order chi connectivity index (χ1) is 12.6. The second-order valence-electron chi connectivity index (χ2n) is 6.81. The molecule has 2 aromatic rings. The summed E-state index contributed by atoms with van der Waals surface area (Å²) < 4.78 is 18.6. The minimum atomic E-state index is -0.286. The van der Waals surface area contributed by atoms with Crippen molar-refractivity contribution in [2.75, 3.05) is 19.6 Å². The molecule has 1 aliphatic rings. The lowest BCUT2D eigenvalue weighted by molar-refractivity contribution is -0.122. The number of carbonyl (C=O) groups excluding carboxylic acids is 1. The fourth-order valence-electron chi connectivity index (χ4n) is 3.31. The number of oxazole rings is 1. The van der Waals surface area contributed by atoms with E-state index in [9.17, 15) is 9.18 Å². The highest BCUT2D eigenvalue weighted by Crippen LogP contribution is 2.21. The number of carbonyl (C=O) groups is 1. The fourth-order valence-corrected chi connectivity index (χ4v) is 3.31. The van der Waals surface area contributed by atoms with E-state index >= 15 is 0 Å². The molecule has 3 rings (SSSR count). The Morgan fingerprint density at radius 2 is 2.04 bits per heavy atom. The van der Waals surface area contributed by atoms with Crippen LogP contribution in [0.3, 0.4) is 0 Å². The number of likely N-dealkylation sites (tertiary alicyclic amines) is 1. The van der Waals surface area contributed by atoms with Crippen LogP contribution in [0.5, 0.6) is 0 Å². The lowest BCUT2D eigenvalue weighted by Crippen LogP contribution is -2.44. The van der Waals surface area contributed by atoms with Crippen LogP contribution >= 0.6 is 0 Å². The first kappa shape index (κ1) is 18.6. The summed E-state index contributed by atoms with van der Waals surface area (Å²) in [7, 11) is 0. The number of aryl methyl sites for hydroxylation is 1. The van der Waals surface area contributed by atoms with Crippen molar-refractivity contribution in [3.8, 4) is 11.3 Å². The molecule has 0 radical (unpaired) electrons. The topological polar surface area (TPSA) is 58.4 Å². The van der Waals surface area contributed by atoms with Crippen LogP contribution in [0.25, 0.3) is 11.3 Å². The molecule has 0 atom stereocenters. The maximum atomic E-state index is 13.0. The molecule has 0 unspecified atom stereocenters. The molecule has 140 valence electrons. The van der Waals surface area contributed by atoms with Gasteiger partial charge in [0, 0.05) is 37.5 Å². The van der Waals surface area contributed by atoms with Gasteiger partial charge in [-0.3, -0.25) is 4.79 Å². The summed E-state index contributed by atoms with van der Waals surface area (Å²) >= 11 is 0. The molecule has 0 aliphatic carbocycles. The van der Waals surface area contributed by atoms with Gasteiger partial charge in [-0.25, -0.2) is 9.37 Å². The summed E-state index contributed by atoms with van der Waals surface area (Å²) in [6, 6.07) is 6.34. The highest BCUT2D eigenvalue weighted by molar-refractivity contribution is 5.76. The third kappa shape index (κ3) is 5.14. The molecule has 0 bridgehead atoms. The molecular weight excluding hydrogens is 333 g/mol. The van der Waals surface area contributed by atoms with Crippen molar-refractivity contribution < 1.29 is 13.6 Å². The van der Waals surface area contributed by atoms with Crippen molar-refractivity contribution in [3.05, 3.63) is 42.2 Å². The first-order valence-electron chi connectivity index (χ1n) is 9.36. The van der Waals surface area contributed by atoms with Gasteiger partial charge < -0.3 is 14.6 Å². The lowest BCUT2D eigenvalue weighted by Gasteiger charge is -2.32. The minimum absolute atomic E-state index is 0.0421. The van der Waals surface area contributed by atoms with E-state index in [0.717, 1.165) is 38.0 Å². The number of rotatable bonds is 7. The molecule has 0 spiro atoms. The van der Waals surface area contributed by atoms with Crippen LogP contribution in [-0.4, -0.2) is 41.5 Å². The molecule has 1 amide bonds. The van der Waals surface area contributed by atoms with Crippen LogP contribution in [0.1, 0.15) is 38.5 Å². The average molecular weight is 359 g/mol. The minimum Gasteiger partial charge on any atom is -0.441 e. The zero-order valence-corrected chi connectivity index (χ0v) is 15.2. The Morgan fingerprint density at radius 3 is 2.73 bits per heavy atom. The summed E-state index contributed by atoms with van der Waals surface area (Å²) in [6.45, 7) is 5.44. The standard InChI is InChI=1S/C20H26FN3O2/c1-2-11-24-12-9-17(10-13-24)23-19(25)7-8-20-22-14-18(26-20)15-3-5-16(21)6-4-15/h3-6,14,17H,2,7-13H2,1H3,(H,23,25). The smallest absolute Gasteiger partial charge is 0.220 e. The normalized spacial score (nSPS) is 15.9. The van der Waals surface area contributed by atoms with Gasteiger partial charge >= 0.3 is 0 Å². The first-order valence-corrected chi connectivity index (χ1v) is 9.36. The Hall–Kier alpha value is -2.21. The van der Waals surface area contributed by atoms with Gasteiger partial charge in [0.25, 0.3) is 0 Å². The summed E-state index contributed by atoms with van der Waals surface area (Å²) in [4.78, 5) is 18.8. The molecule has 6 heteroatoms. The quantitative estimate of drug-likeness (QED) is 0.823. The Balaban J connectivity index is 1.43. The maximum absolute atomic E-state index is 13.0. The van der Waals surface area contributed by atoms with E-state index in [2.05, 4.69) is 22.1 Å². The number of benzene rings is 1. The van der Waals surface area contributed by atoms with Gasteiger partial charge in [0.05, 0.1) is 6.20 Å². The molecule has 0 saturated carbocycles. The van der Waals surface area contributed by atoms with Crippen LogP contribution < -0.4 is 5.32 Å². The van der Waals surface area contributed by atoms with Crippen molar-refractivity contribution >= 4 is 5.91 Å². The van der Waals surface area contributed by atoms with E-state index in [4.69, 9.17) is 4.42 Å². The summed E-state index contributed by atoms with van der Waals surface area (Å²) in [5.74, 6) is 0.868. The van der Waals surface area contributed by atoms with Gasteiger partial charge in [0.15, 0.2) is 11.7 Å². The van der Waals surface area contributed by atoms with Crippen LogP contribution in [0.15, 0.2) is 34.9 Å². The number of hydrogen-bond acceptors (Lipinski definition) is 4. The summed E-state index contributed by atoms with van der Waals surface area (Å²) in [5, 5.41) is 3.12. The van der Waals surface area contributed by atoms with Crippen molar-refractivity contribution in [2.24, 2.45) is 0 Å². The van der Waals surface area contributed by atoms with Crippen molar-refractivity contribution in [2.45, 2.75) is 45.1 Å². The third-order valence-electron chi connectivity index (χ3n) is 4.74. The highest BCUT2D eigenvalue weighted by atomic mass is 19.1. The van der Waals surface area contributed by atoms with Gasteiger partial charge in [-0.2, -0.15) is 0 Å². The number of amides is 1. The van der Waals surface area contributed by atoms with E-state index in [1.807, 2.05) is 0 Å². The molecule has 26 heavy (non-hydrogen) atoms. The fraction of sp³-hybridized carbons (Fsp3) is 0.500.